The maximum absolute atomic E-state index is 3.99. The van der Waals surface area contributed by atoms with Crippen LogP contribution in [0.5, 0.6) is 0 Å². The molecule has 0 aliphatic rings. The summed E-state index contributed by atoms with van der Waals surface area (Å²) < 4.78 is 2.80. The summed E-state index contributed by atoms with van der Waals surface area (Å²) in [6, 6.07) is 18.8. The van der Waals surface area contributed by atoms with Crippen LogP contribution in [0.1, 0.15) is 92.8 Å². The van der Waals surface area contributed by atoms with E-state index in [9.17, 15) is 0 Å². The summed E-state index contributed by atoms with van der Waals surface area (Å²) in [5, 5.41) is 14.0. The lowest BCUT2D eigenvalue weighted by Gasteiger charge is -2.38. The second-order valence-corrected chi connectivity index (χ2v) is 29.5. The van der Waals surface area contributed by atoms with E-state index in [1.807, 2.05) is 22.7 Å². The first-order chi connectivity index (χ1) is 22.7. The fourth-order valence-corrected chi connectivity index (χ4v) is 22.9. The van der Waals surface area contributed by atoms with Gasteiger partial charge in [0.1, 0.15) is 16.1 Å². The van der Waals surface area contributed by atoms with Crippen LogP contribution in [0.4, 0.5) is 0 Å². The second kappa shape index (κ2) is 11.9. The van der Waals surface area contributed by atoms with Gasteiger partial charge >= 0.3 is 0 Å². The molecule has 0 fully saturated rings. The molecule has 4 heteroatoms. The van der Waals surface area contributed by atoms with Crippen LogP contribution in [-0.4, -0.2) is 16.1 Å². The first kappa shape index (κ1) is 33.6. The number of benzene rings is 3. The van der Waals surface area contributed by atoms with Crippen molar-refractivity contribution in [1.29, 1.82) is 0 Å². The number of thiophene rings is 2. The Bertz CT molecular complexity index is 2230. The molecule has 0 nitrogen and oxygen atoms in total. The molecular formula is C44H50S2Si2. The van der Waals surface area contributed by atoms with Gasteiger partial charge in [-0.05, 0) is 77.7 Å². The van der Waals surface area contributed by atoms with E-state index in [1.54, 1.807) is 0 Å². The topological polar surface area (TPSA) is 0 Å². The fourth-order valence-electron chi connectivity index (χ4n) is 10.1. The minimum absolute atomic E-state index is 0.631. The van der Waals surface area contributed by atoms with Crippen LogP contribution >= 0.6 is 22.7 Å². The summed E-state index contributed by atoms with van der Waals surface area (Å²) in [7, 11) is -3.62. The zero-order valence-electron chi connectivity index (χ0n) is 30.9. The average Bonchev–Trinajstić information content (AvgIpc) is 3.76. The van der Waals surface area contributed by atoms with Gasteiger partial charge in [0.2, 0.25) is 0 Å². The molecule has 0 atom stereocenters. The Balaban J connectivity index is 1.47. The van der Waals surface area contributed by atoms with Gasteiger partial charge in [0.25, 0.3) is 0 Å². The summed E-state index contributed by atoms with van der Waals surface area (Å²) in [5.74, 6) is 7.57. The zero-order valence-corrected chi connectivity index (χ0v) is 34.5. The molecule has 0 amide bonds. The first-order valence-electron chi connectivity index (χ1n) is 18.1. The molecule has 0 saturated heterocycles. The average molecular weight is 699 g/mol. The summed E-state index contributed by atoms with van der Waals surface area (Å²) in [6.07, 6.45) is 0. The molecule has 5 aromatic carbocycles. The van der Waals surface area contributed by atoms with Crippen LogP contribution < -0.4 is 0 Å². The van der Waals surface area contributed by atoms with Crippen LogP contribution in [0.2, 0.25) is 33.2 Å². The Labute approximate surface area is 298 Å². The van der Waals surface area contributed by atoms with Gasteiger partial charge in [0, 0.05) is 30.9 Å². The second-order valence-electron chi connectivity index (χ2n) is 16.2. The Morgan fingerprint density at radius 1 is 0.417 bits per heavy atom. The molecular weight excluding hydrogens is 649 g/mol. The molecule has 246 valence electrons. The van der Waals surface area contributed by atoms with Gasteiger partial charge in [-0.2, -0.15) is 0 Å². The molecule has 0 bridgehead atoms. The van der Waals surface area contributed by atoms with Gasteiger partial charge in [-0.1, -0.05) is 131 Å². The Morgan fingerprint density at radius 3 is 1.04 bits per heavy atom. The van der Waals surface area contributed by atoms with Crippen molar-refractivity contribution in [2.24, 2.45) is 0 Å². The molecule has 0 unspecified atom stereocenters. The van der Waals surface area contributed by atoms with Crippen LogP contribution in [-0.2, 0) is 0 Å². The molecule has 0 saturated carbocycles. The summed E-state index contributed by atoms with van der Waals surface area (Å²) in [5.41, 5.74) is 11.8. The lowest BCUT2D eigenvalue weighted by Crippen LogP contribution is -2.43. The molecule has 0 aliphatic heterocycles. The van der Waals surface area contributed by atoms with Crippen LogP contribution in [0.15, 0.2) is 48.5 Å². The van der Waals surface area contributed by atoms with Crippen molar-refractivity contribution in [2.75, 3.05) is 0 Å². The van der Waals surface area contributed by atoms with E-state index in [-0.39, 0.29) is 0 Å². The highest BCUT2D eigenvalue weighted by atomic mass is 32.1. The van der Waals surface area contributed by atoms with E-state index < -0.39 is 16.1 Å². The van der Waals surface area contributed by atoms with Gasteiger partial charge in [0.15, 0.2) is 0 Å². The van der Waals surface area contributed by atoms with Crippen molar-refractivity contribution in [3.63, 3.8) is 0 Å². The summed E-state index contributed by atoms with van der Waals surface area (Å²) >= 11 is 3.83. The third kappa shape index (κ3) is 4.59. The molecule has 48 heavy (non-hydrogen) atoms. The maximum Gasteiger partial charge on any atom is 0.146 e. The Kier molecular flexibility index (Phi) is 8.32. The largest absolute Gasteiger partial charge is 0.146 e. The van der Waals surface area contributed by atoms with Gasteiger partial charge in [0.05, 0.1) is 9.75 Å². The number of rotatable bonds is 6. The van der Waals surface area contributed by atoms with E-state index in [4.69, 9.17) is 0 Å². The van der Waals surface area contributed by atoms with E-state index in [0.29, 0.717) is 33.2 Å². The van der Waals surface area contributed by atoms with Crippen molar-refractivity contribution in [1.82, 2.24) is 0 Å². The van der Waals surface area contributed by atoms with Gasteiger partial charge in [-0.15, -0.1) is 33.8 Å². The molecule has 2 aromatic heterocycles. The molecule has 0 spiro atoms. The highest BCUT2D eigenvalue weighted by Crippen LogP contribution is 2.53. The van der Waals surface area contributed by atoms with E-state index in [0.717, 1.165) is 0 Å². The summed E-state index contributed by atoms with van der Waals surface area (Å²) in [4.78, 5) is 2.44. The van der Waals surface area contributed by atoms with Gasteiger partial charge in [-0.3, -0.25) is 0 Å². The Morgan fingerprint density at radius 2 is 0.729 bits per heavy atom. The molecule has 0 aliphatic carbocycles. The maximum atomic E-state index is 3.99. The SMILES string of the molecule is CC(C)[Si](C#Cc1cc2c3cccc4c3c(c3cccc5c6cc(C#C[Si](C(C)C)(C(C)C)C(C)C)sc6c4c53)c2s1)(C(C)C)C(C)C. The molecule has 7 rings (SSSR count). The zero-order chi connectivity index (χ0) is 34.4. The van der Waals surface area contributed by atoms with Crippen molar-refractivity contribution in [3.05, 3.63) is 58.3 Å². The molecule has 0 N–H and O–H groups in total. The van der Waals surface area contributed by atoms with Gasteiger partial charge < -0.3 is 0 Å². The lowest BCUT2D eigenvalue weighted by atomic mass is 9.97. The van der Waals surface area contributed by atoms with E-state index in [1.165, 1.54) is 73.0 Å². The Hall–Kier alpha value is -2.87. The van der Waals surface area contributed by atoms with Crippen LogP contribution in [0.25, 0.3) is 63.3 Å². The third-order valence-corrected chi connectivity index (χ3v) is 26.9. The highest BCUT2D eigenvalue weighted by molar-refractivity contribution is 7.22. The van der Waals surface area contributed by atoms with Crippen LogP contribution in [0, 0.1) is 22.9 Å². The lowest BCUT2D eigenvalue weighted by molar-refractivity contribution is 0.838. The summed E-state index contributed by atoms with van der Waals surface area (Å²) in [6.45, 7) is 28.8. The minimum Gasteiger partial charge on any atom is -0.126 e. The third-order valence-electron chi connectivity index (χ3n) is 12.2. The first-order valence-corrected chi connectivity index (χ1v) is 24.2. The van der Waals surface area contributed by atoms with Crippen molar-refractivity contribution < 1.29 is 0 Å². The smallest absolute Gasteiger partial charge is 0.126 e. The minimum atomic E-state index is -1.81. The predicted octanol–water partition coefficient (Wildman–Crippen LogP) is 14.7. The predicted molar refractivity (Wildman–Crippen MR) is 225 cm³/mol. The molecule has 7 aromatic rings. The van der Waals surface area contributed by atoms with Gasteiger partial charge in [-0.25, -0.2) is 0 Å². The standard InChI is InChI=1S/C44H50S2Si2/c1-25(2)47(26(3)4,27(5)6)21-19-31-23-37-33-15-13-18-36-39(33)41(43(37)45-31)35-17-14-16-34-38-24-32(46-44(38)42(36)40(34)35)20-22-48(28(7)8,29(9)10)30(11)12/h13-18,23-30H,1-12H3. The number of fused-ring (bicyclic) bond motifs is 8. The van der Waals surface area contributed by atoms with Crippen molar-refractivity contribution in [3.8, 4) is 22.9 Å². The number of hydrogen-bond donors (Lipinski definition) is 0. The van der Waals surface area contributed by atoms with E-state index in [2.05, 4.69) is 155 Å². The molecule has 0 radical (unpaired) electrons. The monoisotopic (exact) mass is 698 g/mol. The fraction of sp³-hybridized carbons (Fsp3) is 0.409. The molecule has 2 heterocycles. The van der Waals surface area contributed by atoms with Crippen molar-refractivity contribution in [2.45, 2.75) is 116 Å². The number of hydrogen-bond acceptors (Lipinski definition) is 2. The normalized spacial score (nSPS) is 13.4. The van der Waals surface area contributed by atoms with Crippen molar-refractivity contribution >= 4 is 102 Å². The highest BCUT2D eigenvalue weighted by Gasteiger charge is 2.42. The van der Waals surface area contributed by atoms with Crippen LogP contribution in [0.3, 0.4) is 0 Å². The quantitative estimate of drug-likeness (QED) is 0.0921. The van der Waals surface area contributed by atoms with E-state index >= 15 is 0 Å².